The van der Waals surface area contributed by atoms with E-state index in [4.69, 9.17) is 0 Å². The summed E-state index contributed by atoms with van der Waals surface area (Å²) in [4.78, 5) is 21.8. The van der Waals surface area contributed by atoms with E-state index >= 15 is 0 Å². The van der Waals surface area contributed by atoms with Crippen molar-refractivity contribution in [1.29, 1.82) is 0 Å². The van der Waals surface area contributed by atoms with Gasteiger partial charge in [-0.05, 0) is 17.7 Å². The van der Waals surface area contributed by atoms with Crippen LogP contribution in [0.1, 0.15) is 10.4 Å². The summed E-state index contributed by atoms with van der Waals surface area (Å²) in [5, 5.41) is 10.9. The molecule has 0 aliphatic heterocycles. The minimum atomic E-state index is -0.716. The number of ether oxygens (including phenoxy) is 1. The van der Waals surface area contributed by atoms with E-state index in [2.05, 4.69) is 4.74 Å². The molecule has 0 aliphatic rings. The molecule has 20 heavy (non-hydrogen) atoms. The van der Waals surface area contributed by atoms with Gasteiger partial charge < -0.3 is 4.74 Å². The first-order valence-corrected chi connectivity index (χ1v) is 5.65. The van der Waals surface area contributed by atoms with Crippen LogP contribution >= 0.6 is 0 Å². The Morgan fingerprint density at radius 3 is 2.55 bits per heavy atom. The molecular formula is C14H10FNO4. The second-order valence-corrected chi connectivity index (χ2v) is 4.00. The van der Waals surface area contributed by atoms with Gasteiger partial charge in [0.2, 0.25) is 0 Å². The number of halogens is 1. The van der Waals surface area contributed by atoms with E-state index in [0.29, 0.717) is 0 Å². The smallest absolute Gasteiger partial charge is 0.338 e. The highest BCUT2D eigenvalue weighted by Crippen LogP contribution is 2.28. The molecule has 0 aliphatic carbocycles. The average Bonchev–Trinajstić information content (AvgIpc) is 2.46. The molecule has 0 atom stereocenters. The van der Waals surface area contributed by atoms with Gasteiger partial charge in [-0.2, -0.15) is 0 Å². The van der Waals surface area contributed by atoms with Gasteiger partial charge >= 0.3 is 5.97 Å². The predicted molar refractivity (Wildman–Crippen MR) is 69.8 cm³/mol. The molecule has 5 nitrogen and oxygen atoms in total. The SMILES string of the molecule is COC(=O)c1cc(-c2ccccc2F)cc([N+](=O)[O-])c1. The van der Waals surface area contributed by atoms with Crippen LogP contribution in [0.4, 0.5) is 10.1 Å². The van der Waals surface area contributed by atoms with Crippen LogP contribution in [0.15, 0.2) is 42.5 Å². The number of carbonyl (C=O) groups is 1. The lowest BCUT2D eigenvalue weighted by Gasteiger charge is -2.06. The lowest BCUT2D eigenvalue weighted by atomic mass is 10.0. The molecule has 0 saturated heterocycles. The number of rotatable bonds is 3. The summed E-state index contributed by atoms with van der Waals surface area (Å²) < 4.78 is 18.3. The van der Waals surface area contributed by atoms with Crippen LogP contribution in [0.3, 0.4) is 0 Å². The van der Waals surface area contributed by atoms with E-state index < -0.39 is 16.7 Å². The molecule has 2 rings (SSSR count). The maximum Gasteiger partial charge on any atom is 0.338 e. The lowest BCUT2D eigenvalue weighted by molar-refractivity contribution is -0.384. The van der Waals surface area contributed by atoms with Gasteiger partial charge in [-0.3, -0.25) is 10.1 Å². The highest BCUT2D eigenvalue weighted by Gasteiger charge is 2.17. The van der Waals surface area contributed by atoms with Gasteiger partial charge in [0.15, 0.2) is 0 Å². The summed E-state index contributed by atoms with van der Waals surface area (Å²) >= 11 is 0. The Morgan fingerprint density at radius 1 is 1.25 bits per heavy atom. The number of hydrogen-bond acceptors (Lipinski definition) is 4. The predicted octanol–water partition coefficient (Wildman–Crippen LogP) is 3.19. The van der Waals surface area contributed by atoms with Gasteiger partial charge in [-0.15, -0.1) is 0 Å². The number of non-ortho nitro benzene ring substituents is 1. The molecule has 0 unspecified atom stereocenters. The fourth-order valence-corrected chi connectivity index (χ4v) is 1.80. The highest BCUT2D eigenvalue weighted by molar-refractivity contribution is 5.92. The Balaban J connectivity index is 2.64. The topological polar surface area (TPSA) is 69.4 Å². The zero-order chi connectivity index (χ0) is 14.7. The molecule has 0 spiro atoms. The Labute approximate surface area is 113 Å². The van der Waals surface area contributed by atoms with Crippen LogP contribution < -0.4 is 0 Å². The largest absolute Gasteiger partial charge is 0.465 e. The van der Waals surface area contributed by atoms with E-state index in [1.807, 2.05) is 0 Å². The zero-order valence-electron chi connectivity index (χ0n) is 10.5. The van der Waals surface area contributed by atoms with Crippen LogP contribution in [0.5, 0.6) is 0 Å². The van der Waals surface area contributed by atoms with Crippen molar-refractivity contribution in [1.82, 2.24) is 0 Å². The third-order valence-electron chi connectivity index (χ3n) is 2.73. The Hall–Kier alpha value is -2.76. The van der Waals surface area contributed by atoms with Gasteiger partial charge in [0.25, 0.3) is 5.69 Å². The van der Waals surface area contributed by atoms with Gasteiger partial charge in [0.1, 0.15) is 5.82 Å². The molecule has 6 heteroatoms. The second kappa shape index (κ2) is 5.48. The van der Waals surface area contributed by atoms with E-state index in [0.717, 1.165) is 6.07 Å². The average molecular weight is 275 g/mol. The molecule has 0 saturated carbocycles. The van der Waals surface area contributed by atoms with Crippen LogP contribution in [0.2, 0.25) is 0 Å². The lowest BCUT2D eigenvalue weighted by Crippen LogP contribution is -2.03. The van der Waals surface area contributed by atoms with Crippen LogP contribution in [-0.4, -0.2) is 18.0 Å². The van der Waals surface area contributed by atoms with Crippen molar-refractivity contribution in [2.45, 2.75) is 0 Å². The summed E-state index contributed by atoms with van der Waals surface area (Å²) in [5.74, 6) is -1.24. The molecule has 0 bridgehead atoms. The van der Waals surface area contributed by atoms with Crippen molar-refractivity contribution < 1.29 is 18.8 Å². The van der Waals surface area contributed by atoms with Crippen LogP contribution in [-0.2, 0) is 4.74 Å². The standard InChI is InChI=1S/C14H10FNO4/c1-20-14(17)10-6-9(7-11(8-10)16(18)19)12-4-2-3-5-13(12)15/h2-8H,1H3. The third-order valence-corrected chi connectivity index (χ3v) is 2.73. The zero-order valence-corrected chi connectivity index (χ0v) is 10.5. The van der Waals surface area contributed by atoms with Crippen molar-refractivity contribution in [3.8, 4) is 11.1 Å². The van der Waals surface area contributed by atoms with E-state index in [1.165, 1.54) is 37.4 Å². The maximum atomic E-state index is 13.7. The van der Waals surface area contributed by atoms with Gasteiger partial charge in [0, 0.05) is 17.7 Å². The first kappa shape index (κ1) is 13.7. The molecule has 0 aromatic heterocycles. The first-order chi connectivity index (χ1) is 9.52. The molecule has 2 aromatic carbocycles. The third kappa shape index (κ3) is 2.64. The summed E-state index contributed by atoms with van der Waals surface area (Å²) in [6.45, 7) is 0. The number of benzene rings is 2. The summed E-state index contributed by atoms with van der Waals surface area (Å²) in [6.07, 6.45) is 0. The number of nitro groups is 1. The summed E-state index contributed by atoms with van der Waals surface area (Å²) in [6, 6.07) is 9.51. The Morgan fingerprint density at radius 2 is 1.95 bits per heavy atom. The second-order valence-electron chi connectivity index (χ2n) is 4.00. The molecular weight excluding hydrogens is 265 g/mol. The molecule has 2 aromatic rings. The molecule has 0 N–H and O–H groups in total. The van der Waals surface area contributed by atoms with E-state index in [1.54, 1.807) is 6.07 Å². The molecule has 102 valence electrons. The van der Waals surface area contributed by atoms with Gasteiger partial charge in [-0.1, -0.05) is 18.2 Å². The molecule has 0 heterocycles. The minimum Gasteiger partial charge on any atom is -0.465 e. The van der Waals surface area contributed by atoms with Gasteiger partial charge in [-0.25, -0.2) is 9.18 Å². The van der Waals surface area contributed by atoms with E-state index in [9.17, 15) is 19.3 Å². The number of esters is 1. The Kier molecular flexibility index (Phi) is 3.74. The number of hydrogen-bond donors (Lipinski definition) is 0. The number of nitrogens with zero attached hydrogens (tertiary/aromatic N) is 1. The van der Waals surface area contributed by atoms with Crippen LogP contribution in [0.25, 0.3) is 11.1 Å². The van der Waals surface area contributed by atoms with Crippen molar-refractivity contribution in [2.75, 3.05) is 7.11 Å². The highest BCUT2D eigenvalue weighted by atomic mass is 19.1. The fraction of sp³-hybridized carbons (Fsp3) is 0.0714. The number of methoxy groups -OCH3 is 1. The van der Waals surface area contributed by atoms with Crippen molar-refractivity contribution in [2.24, 2.45) is 0 Å². The minimum absolute atomic E-state index is 0.0000435. The van der Waals surface area contributed by atoms with Gasteiger partial charge in [0.05, 0.1) is 17.6 Å². The quantitative estimate of drug-likeness (QED) is 0.490. The van der Waals surface area contributed by atoms with Crippen molar-refractivity contribution in [3.63, 3.8) is 0 Å². The Bertz CT molecular complexity index is 685. The number of nitro benzene ring substituents is 1. The molecule has 0 radical (unpaired) electrons. The molecule has 0 fully saturated rings. The summed E-state index contributed by atoms with van der Waals surface area (Å²) in [7, 11) is 1.17. The molecule has 0 amide bonds. The van der Waals surface area contributed by atoms with E-state index in [-0.39, 0.29) is 22.4 Å². The van der Waals surface area contributed by atoms with Crippen LogP contribution in [0, 0.1) is 15.9 Å². The summed E-state index contributed by atoms with van der Waals surface area (Å²) in [5.41, 5.74) is 0.130. The monoisotopic (exact) mass is 275 g/mol. The first-order valence-electron chi connectivity index (χ1n) is 5.65. The van der Waals surface area contributed by atoms with Crippen molar-refractivity contribution >= 4 is 11.7 Å². The fourth-order valence-electron chi connectivity index (χ4n) is 1.80. The normalized spacial score (nSPS) is 10.1. The number of carbonyl (C=O) groups excluding carboxylic acids is 1. The maximum absolute atomic E-state index is 13.7. The van der Waals surface area contributed by atoms with Crippen molar-refractivity contribution in [3.05, 3.63) is 64.0 Å².